The Hall–Kier alpha value is -2.25. The molecule has 1 aliphatic heterocycles. The number of carbonyl (C=O) groups is 1. The summed E-state index contributed by atoms with van der Waals surface area (Å²) in [5.74, 6) is -1.08. The molecule has 0 saturated carbocycles. The first kappa shape index (κ1) is 18.5. The van der Waals surface area contributed by atoms with Crippen molar-refractivity contribution in [2.75, 3.05) is 6.54 Å². The first-order valence-electron chi connectivity index (χ1n) is 8.58. The van der Waals surface area contributed by atoms with Crippen molar-refractivity contribution in [3.05, 3.63) is 59.9 Å². The smallest absolute Gasteiger partial charge is 0.325 e. The Morgan fingerprint density at radius 2 is 2.00 bits per heavy atom. The van der Waals surface area contributed by atoms with Crippen LogP contribution in [0.4, 0.5) is 0 Å². The van der Waals surface area contributed by atoms with Gasteiger partial charge in [-0.05, 0) is 56.4 Å². The number of pyridine rings is 1. The Morgan fingerprint density at radius 1 is 1.27 bits per heavy atom. The predicted molar refractivity (Wildman–Crippen MR) is 97.2 cm³/mol. The molecule has 1 atom stereocenters. The number of benzene rings is 1. The molecule has 0 spiro atoms. The third-order valence-corrected chi connectivity index (χ3v) is 6.97. The summed E-state index contributed by atoms with van der Waals surface area (Å²) in [6.07, 6.45) is 5.29. The van der Waals surface area contributed by atoms with Gasteiger partial charge in [0.15, 0.2) is 0 Å². The molecule has 1 aromatic carbocycles. The monoisotopic (exact) mass is 374 g/mol. The van der Waals surface area contributed by atoms with E-state index in [-0.39, 0.29) is 17.9 Å². The lowest BCUT2D eigenvalue weighted by atomic mass is 9.82. The normalized spacial score (nSPS) is 20.5. The number of carboxylic acid groups (broad SMARTS) is 1. The molecule has 7 heteroatoms. The van der Waals surface area contributed by atoms with Gasteiger partial charge in [0, 0.05) is 18.9 Å². The maximum absolute atomic E-state index is 12.9. The molecule has 1 aromatic heterocycles. The van der Waals surface area contributed by atoms with Crippen LogP contribution in [0.25, 0.3) is 0 Å². The lowest BCUT2D eigenvalue weighted by Crippen LogP contribution is -2.66. The van der Waals surface area contributed by atoms with E-state index in [2.05, 4.69) is 4.98 Å². The number of aromatic nitrogens is 1. The van der Waals surface area contributed by atoms with Crippen molar-refractivity contribution in [2.24, 2.45) is 0 Å². The summed E-state index contributed by atoms with van der Waals surface area (Å²) in [6.45, 7) is 2.11. The number of rotatable bonds is 7. The summed E-state index contributed by atoms with van der Waals surface area (Å²) >= 11 is 0. The Bertz CT molecular complexity index is 882. The Kier molecular flexibility index (Phi) is 5.11. The van der Waals surface area contributed by atoms with E-state index >= 15 is 0 Å². The van der Waals surface area contributed by atoms with Crippen LogP contribution < -0.4 is 0 Å². The average Bonchev–Trinajstić information content (AvgIpc) is 2.58. The second-order valence-corrected chi connectivity index (χ2v) is 8.55. The van der Waals surface area contributed by atoms with Crippen LogP contribution in [-0.2, 0) is 21.2 Å². The Balaban J connectivity index is 1.78. The van der Waals surface area contributed by atoms with Crippen LogP contribution >= 0.6 is 0 Å². The van der Waals surface area contributed by atoms with Gasteiger partial charge in [-0.2, -0.15) is 4.31 Å². The van der Waals surface area contributed by atoms with Crippen LogP contribution in [-0.4, -0.2) is 40.9 Å². The van der Waals surface area contributed by atoms with Crippen molar-refractivity contribution in [1.82, 2.24) is 9.29 Å². The van der Waals surface area contributed by atoms with Gasteiger partial charge in [-0.15, -0.1) is 0 Å². The highest BCUT2D eigenvalue weighted by Crippen LogP contribution is 2.40. The van der Waals surface area contributed by atoms with Crippen molar-refractivity contribution in [1.29, 1.82) is 0 Å². The molecule has 26 heavy (non-hydrogen) atoms. The molecule has 0 bridgehead atoms. The number of aliphatic carboxylic acids is 1. The molecule has 138 valence electrons. The zero-order valence-corrected chi connectivity index (χ0v) is 15.4. The zero-order chi connectivity index (χ0) is 18.8. The largest absolute Gasteiger partial charge is 0.480 e. The second kappa shape index (κ2) is 7.17. The summed E-state index contributed by atoms with van der Waals surface area (Å²) in [7, 11) is -3.83. The molecular formula is C19H22N2O4S. The number of sulfonamides is 1. The average molecular weight is 374 g/mol. The molecule has 6 nitrogen and oxygen atoms in total. The first-order chi connectivity index (χ1) is 12.4. The van der Waals surface area contributed by atoms with Crippen molar-refractivity contribution in [3.63, 3.8) is 0 Å². The third-order valence-electron chi connectivity index (χ3n) is 4.99. The van der Waals surface area contributed by atoms with Crippen LogP contribution in [0.15, 0.2) is 53.7 Å². The minimum absolute atomic E-state index is 0.140. The van der Waals surface area contributed by atoms with E-state index < -0.39 is 21.5 Å². The standard InChI is InChI=1S/C19H22N2O4S/c1-15-6-8-17(9-7-15)26(24,25)21-13-11-19(21,18(22)23)10-2-4-16-5-3-12-20-14-16/h3,5-9,12,14H,2,4,10-11,13H2,1H3,(H,22,23)/t19-/m0/s1. The topological polar surface area (TPSA) is 87.6 Å². The molecule has 1 N–H and O–H groups in total. The predicted octanol–water partition coefficient (Wildman–Crippen LogP) is 2.63. The van der Waals surface area contributed by atoms with E-state index in [1.165, 1.54) is 12.1 Å². The van der Waals surface area contributed by atoms with E-state index in [0.717, 1.165) is 15.4 Å². The summed E-state index contributed by atoms with van der Waals surface area (Å²) in [5.41, 5.74) is 0.611. The fourth-order valence-corrected chi connectivity index (χ4v) is 5.15. The number of carboxylic acids is 1. The minimum Gasteiger partial charge on any atom is -0.480 e. The van der Waals surface area contributed by atoms with Crippen molar-refractivity contribution < 1.29 is 18.3 Å². The van der Waals surface area contributed by atoms with Gasteiger partial charge in [0.05, 0.1) is 4.90 Å². The summed E-state index contributed by atoms with van der Waals surface area (Å²) in [5, 5.41) is 9.79. The van der Waals surface area contributed by atoms with Gasteiger partial charge in [0.1, 0.15) is 5.54 Å². The van der Waals surface area contributed by atoms with Gasteiger partial charge in [-0.3, -0.25) is 9.78 Å². The Labute approximate surface area is 153 Å². The van der Waals surface area contributed by atoms with Gasteiger partial charge in [0.2, 0.25) is 10.0 Å². The van der Waals surface area contributed by atoms with Gasteiger partial charge < -0.3 is 5.11 Å². The van der Waals surface area contributed by atoms with Crippen LogP contribution in [0.2, 0.25) is 0 Å². The van der Waals surface area contributed by atoms with Crippen molar-refractivity contribution >= 4 is 16.0 Å². The lowest BCUT2D eigenvalue weighted by Gasteiger charge is -2.48. The SMILES string of the molecule is Cc1ccc(S(=O)(=O)N2CC[C@@]2(CCCc2cccnc2)C(=O)O)cc1. The molecule has 0 radical (unpaired) electrons. The third kappa shape index (κ3) is 3.37. The fourth-order valence-electron chi connectivity index (χ4n) is 3.36. The van der Waals surface area contributed by atoms with Crippen molar-refractivity contribution in [2.45, 2.75) is 43.0 Å². The summed E-state index contributed by atoms with van der Waals surface area (Å²) < 4.78 is 27.0. The maximum atomic E-state index is 12.9. The van der Waals surface area contributed by atoms with E-state index in [1.807, 2.05) is 19.1 Å². The highest BCUT2D eigenvalue weighted by molar-refractivity contribution is 7.89. The number of nitrogens with zero attached hydrogens (tertiary/aromatic N) is 2. The van der Waals surface area contributed by atoms with Gasteiger partial charge in [-0.25, -0.2) is 8.42 Å². The van der Waals surface area contributed by atoms with Gasteiger partial charge >= 0.3 is 5.97 Å². The van der Waals surface area contributed by atoms with E-state index in [0.29, 0.717) is 19.3 Å². The zero-order valence-electron chi connectivity index (χ0n) is 14.6. The highest BCUT2D eigenvalue weighted by atomic mass is 32.2. The molecule has 1 saturated heterocycles. The highest BCUT2D eigenvalue weighted by Gasteiger charge is 2.56. The molecule has 1 aliphatic rings. The van der Waals surface area contributed by atoms with E-state index in [4.69, 9.17) is 0 Å². The van der Waals surface area contributed by atoms with Crippen LogP contribution in [0.1, 0.15) is 30.4 Å². The molecule has 1 fully saturated rings. The Morgan fingerprint density at radius 3 is 2.54 bits per heavy atom. The van der Waals surface area contributed by atoms with E-state index in [1.54, 1.807) is 24.5 Å². The summed E-state index contributed by atoms with van der Waals surface area (Å²) in [6, 6.07) is 10.3. The second-order valence-electron chi connectivity index (χ2n) is 6.69. The van der Waals surface area contributed by atoms with Crippen LogP contribution in [0.5, 0.6) is 0 Å². The van der Waals surface area contributed by atoms with Crippen molar-refractivity contribution in [3.8, 4) is 0 Å². The number of aryl methyl sites for hydroxylation is 2. The van der Waals surface area contributed by atoms with Gasteiger partial charge in [0.25, 0.3) is 0 Å². The van der Waals surface area contributed by atoms with E-state index in [9.17, 15) is 18.3 Å². The molecular weight excluding hydrogens is 352 g/mol. The molecule has 0 unspecified atom stereocenters. The van der Waals surface area contributed by atoms with Crippen LogP contribution in [0.3, 0.4) is 0 Å². The lowest BCUT2D eigenvalue weighted by molar-refractivity contribution is -0.155. The first-order valence-corrected chi connectivity index (χ1v) is 10.0. The van der Waals surface area contributed by atoms with Gasteiger partial charge in [-0.1, -0.05) is 23.8 Å². The molecule has 3 rings (SSSR count). The molecule has 2 aromatic rings. The van der Waals surface area contributed by atoms with Crippen LogP contribution in [0, 0.1) is 6.92 Å². The number of hydrogen-bond acceptors (Lipinski definition) is 4. The quantitative estimate of drug-likeness (QED) is 0.805. The summed E-state index contributed by atoms with van der Waals surface area (Å²) in [4.78, 5) is 16.2. The number of hydrogen-bond donors (Lipinski definition) is 1. The molecule has 0 aliphatic carbocycles. The minimum atomic E-state index is -3.83. The fraction of sp³-hybridized carbons (Fsp3) is 0.368. The molecule has 2 heterocycles. The maximum Gasteiger partial charge on any atom is 0.325 e. The molecule has 0 amide bonds.